The maximum absolute atomic E-state index is 9.91. The van der Waals surface area contributed by atoms with Gasteiger partial charge in [0.25, 0.3) is 0 Å². The van der Waals surface area contributed by atoms with Gasteiger partial charge >= 0.3 is 5.97 Å². The van der Waals surface area contributed by atoms with Crippen molar-refractivity contribution < 1.29 is 35.8 Å². The number of hydrogen-bond donors (Lipinski definition) is 2. The summed E-state index contributed by atoms with van der Waals surface area (Å²) in [6.45, 7) is 1.27. The minimum Gasteiger partial charge on any atom is -0.382 e. The van der Waals surface area contributed by atoms with E-state index in [0.717, 1.165) is 0 Å². The van der Waals surface area contributed by atoms with E-state index in [9.17, 15) is 4.79 Å². The summed E-state index contributed by atoms with van der Waals surface area (Å²) < 4.78 is 0. The Morgan fingerprint density at radius 3 is 2.25 bits per heavy atom. The molecule has 0 saturated heterocycles. The van der Waals surface area contributed by atoms with Crippen molar-refractivity contribution in [2.45, 2.75) is 13.0 Å². The molecule has 0 aliphatic carbocycles. The van der Waals surface area contributed by atoms with E-state index in [4.69, 9.17) is 5.11 Å². The monoisotopic (exact) mass is 300 g/mol. The maximum Gasteiger partial charge on any atom is 0.353 e. The summed E-state index contributed by atoms with van der Waals surface area (Å²) in [7, 11) is 0. The largest absolute Gasteiger partial charge is 0.382 e. The Hall–Kier alpha value is 0.0783. The number of aliphatic hydroxyl groups is 1. The minimum atomic E-state index is -1.12. The molecule has 0 heterocycles. The summed E-state index contributed by atoms with van der Waals surface area (Å²) in [5.41, 5.74) is 0. The molecule has 0 aromatic rings. The van der Waals surface area contributed by atoms with Crippen LogP contribution in [0, 0.1) is 0 Å². The Morgan fingerprint density at radius 2 is 2.25 bits per heavy atom. The number of rotatable bonds is 1. The topological polar surface area (TPSA) is 72.5 Å². The van der Waals surface area contributed by atoms with Gasteiger partial charge in [0.05, 0.1) is 0 Å². The van der Waals surface area contributed by atoms with Crippen LogP contribution >= 0.6 is 0 Å². The van der Waals surface area contributed by atoms with Crippen LogP contribution in [0.2, 0.25) is 0 Å². The van der Waals surface area contributed by atoms with Crippen molar-refractivity contribution in [3.63, 3.8) is 0 Å². The van der Waals surface area contributed by atoms with Gasteiger partial charge in [-0.15, -0.1) is 0 Å². The van der Waals surface area contributed by atoms with Gasteiger partial charge in [-0.1, -0.05) is 0 Å². The Morgan fingerprint density at radius 1 is 1.88 bits per heavy atom. The van der Waals surface area contributed by atoms with Crippen LogP contribution in [0.15, 0.2) is 0 Å². The summed E-state index contributed by atoms with van der Waals surface area (Å²) in [5.74, 6) is 3.54. The Kier molecular flexibility index (Phi) is 7.15. The summed E-state index contributed by atoms with van der Waals surface area (Å²) >= 11 is 0. The standard InChI is InChI=1S/C3H7NO3.Pt/c1-2(5)3(6)7-4;/h2,5H,4H2,1H3;. The van der Waals surface area contributed by atoms with Gasteiger partial charge in [0.15, 0.2) is 6.10 Å². The van der Waals surface area contributed by atoms with E-state index < -0.39 is 12.1 Å². The first-order valence-corrected chi connectivity index (χ1v) is 1.77. The van der Waals surface area contributed by atoms with Crippen LogP contribution in [0.25, 0.3) is 0 Å². The first-order valence-electron chi connectivity index (χ1n) is 1.77. The third kappa shape index (κ3) is 4.24. The molecule has 4 nitrogen and oxygen atoms in total. The molecule has 0 rings (SSSR count). The minimum absolute atomic E-state index is 0. The van der Waals surface area contributed by atoms with Crippen molar-refractivity contribution in [2.24, 2.45) is 5.90 Å². The van der Waals surface area contributed by atoms with Crippen molar-refractivity contribution in [3.05, 3.63) is 0 Å². The molecule has 1 unspecified atom stereocenters. The molecule has 8 heavy (non-hydrogen) atoms. The number of hydrogen-bond acceptors (Lipinski definition) is 4. The number of carbonyl (C=O) groups is 1. The molecule has 0 fully saturated rings. The van der Waals surface area contributed by atoms with Gasteiger partial charge in [0.1, 0.15) is 0 Å². The van der Waals surface area contributed by atoms with Crippen LogP contribution in [-0.4, -0.2) is 17.2 Å². The fourth-order valence-electron chi connectivity index (χ4n) is 0.0985. The van der Waals surface area contributed by atoms with Crippen LogP contribution in [-0.2, 0) is 30.7 Å². The molecule has 0 amide bonds. The molecule has 0 saturated carbocycles. The van der Waals surface area contributed by atoms with Gasteiger partial charge in [-0.2, -0.15) is 5.90 Å². The van der Waals surface area contributed by atoms with E-state index in [1.807, 2.05) is 0 Å². The smallest absolute Gasteiger partial charge is 0.353 e. The van der Waals surface area contributed by atoms with Gasteiger partial charge in [0, 0.05) is 21.1 Å². The molecule has 0 bridgehead atoms. The van der Waals surface area contributed by atoms with Crippen molar-refractivity contribution in [1.82, 2.24) is 0 Å². The van der Waals surface area contributed by atoms with Crippen LogP contribution in [0.3, 0.4) is 0 Å². The van der Waals surface area contributed by atoms with E-state index in [-0.39, 0.29) is 21.1 Å². The second-order valence-electron chi connectivity index (χ2n) is 1.11. The molecule has 0 spiro atoms. The molecule has 5 heteroatoms. The molecule has 0 aromatic heterocycles. The van der Waals surface area contributed by atoms with Crippen molar-refractivity contribution >= 4 is 5.97 Å². The predicted octanol–water partition coefficient (Wildman–Crippen LogP) is -1.22. The average molecular weight is 300 g/mol. The molecule has 0 aliphatic heterocycles. The summed E-state index contributed by atoms with van der Waals surface area (Å²) in [4.78, 5) is 13.5. The second-order valence-corrected chi connectivity index (χ2v) is 1.11. The van der Waals surface area contributed by atoms with Crippen LogP contribution in [0.5, 0.6) is 0 Å². The zero-order valence-corrected chi connectivity index (χ0v) is 6.51. The van der Waals surface area contributed by atoms with E-state index in [0.29, 0.717) is 0 Å². The Labute approximate surface area is 61.2 Å². The predicted molar refractivity (Wildman–Crippen MR) is 22.0 cm³/mol. The molecular weight excluding hydrogens is 293 g/mol. The fraction of sp³-hybridized carbons (Fsp3) is 0.667. The van der Waals surface area contributed by atoms with Gasteiger partial charge in [-0.05, 0) is 6.92 Å². The molecule has 1 atom stereocenters. The number of nitrogens with two attached hydrogens (primary N) is 1. The molecule has 0 radical (unpaired) electrons. The average Bonchev–Trinajstić information content (AvgIpc) is 1.65. The molecular formula is C3H7NO3Pt. The van der Waals surface area contributed by atoms with E-state index in [1.165, 1.54) is 6.92 Å². The second kappa shape index (κ2) is 5.22. The molecule has 0 aliphatic rings. The first kappa shape index (κ1) is 11.0. The summed E-state index contributed by atoms with van der Waals surface area (Å²) in [6, 6.07) is 0. The van der Waals surface area contributed by atoms with Crippen LogP contribution in [0.1, 0.15) is 6.92 Å². The fourth-order valence-corrected chi connectivity index (χ4v) is 0.0985. The van der Waals surface area contributed by atoms with Gasteiger partial charge in [0.2, 0.25) is 0 Å². The maximum atomic E-state index is 9.91. The van der Waals surface area contributed by atoms with Gasteiger partial charge < -0.3 is 9.94 Å². The van der Waals surface area contributed by atoms with Crippen molar-refractivity contribution in [3.8, 4) is 0 Å². The number of carbonyl (C=O) groups excluding carboxylic acids is 1. The van der Waals surface area contributed by atoms with E-state index >= 15 is 0 Å². The van der Waals surface area contributed by atoms with Crippen LogP contribution < -0.4 is 5.90 Å². The Balaban J connectivity index is 0. The van der Waals surface area contributed by atoms with E-state index in [1.54, 1.807) is 0 Å². The summed E-state index contributed by atoms with van der Waals surface area (Å²) in [6.07, 6.45) is -1.12. The zero-order chi connectivity index (χ0) is 5.86. The SMILES string of the molecule is CC(O)C(=O)ON.[Pt]. The molecule has 52 valence electrons. The summed E-state index contributed by atoms with van der Waals surface area (Å²) in [5, 5.41) is 8.27. The normalized spacial score (nSPS) is 11.4. The van der Waals surface area contributed by atoms with Gasteiger partial charge in [-0.3, -0.25) is 0 Å². The van der Waals surface area contributed by atoms with Crippen LogP contribution in [0.4, 0.5) is 0 Å². The zero-order valence-electron chi connectivity index (χ0n) is 4.23. The van der Waals surface area contributed by atoms with Crippen molar-refractivity contribution in [2.75, 3.05) is 0 Å². The third-order valence-corrected chi connectivity index (χ3v) is 0.457. The van der Waals surface area contributed by atoms with Crippen molar-refractivity contribution in [1.29, 1.82) is 0 Å². The van der Waals surface area contributed by atoms with Gasteiger partial charge in [-0.25, -0.2) is 4.79 Å². The number of aliphatic hydroxyl groups excluding tert-OH is 1. The molecule has 0 aromatic carbocycles. The molecule has 3 N–H and O–H groups in total. The quantitative estimate of drug-likeness (QED) is 0.596. The van der Waals surface area contributed by atoms with E-state index in [2.05, 4.69) is 10.7 Å². The first-order chi connectivity index (χ1) is 3.18. The third-order valence-electron chi connectivity index (χ3n) is 0.457. The Bertz CT molecular complexity index is 74.9.